The van der Waals surface area contributed by atoms with E-state index in [0.29, 0.717) is 0 Å². The second-order valence-corrected chi connectivity index (χ2v) is 12.8. The normalized spacial score (nSPS) is 24.1. The molecule has 0 saturated carbocycles. The first-order valence-corrected chi connectivity index (χ1v) is 14.8. The molecular weight excluding hydrogens is 474 g/mol. The van der Waals surface area contributed by atoms with Gasteiger partial charge in [0.25, 0.3) is 0 Å². The number of piperidine rings is 1. The smallest absolute Gasteiger partial charge is 0.209 e. The van der Waals surface area contributed by atoms with Gasteiger partial charge in [-0.3, -0.25) is 0 Å². The lowest BCUT2D eigenvalue weighted by Gasteiger charge is -2.31. The Hall–Kier alpha value is -3.33. The molecule has 3 heterocycles. The van der Waals surface area contributed by atoms with Crippen LogP contribution in [0.1, 0.15) is 70.9 Å². The number of likely N-dealkylation sites (N-methyl/N-ethyl adjacent to an activating group) is 1. The SMILES string of the molecule is CN1/C(=C/C=C2\CCC(/C=C/C3=[N+](C)c4ccccc4C3(C)C)=C2N2CCCCC2)C(C)(C)c2ccccc21. The van der Waals surface area contributed by atoms with Gasteiger partial charge in [0, 0.05) is 60.3 Å². The van der Waals surface area contributed by atoms with Gasteiger partial charge in [-0.05, 0) is 74.8 Å². The van der Waals surface area contributed by atoms with Gasteiger partial charge in [0.05, 0.1) is 5.41 Å². The van der Waals surface area contributed by atoms with Crippen LogP contribution >= 0.6 is 0 Å². The first kappa shape index (κ1) is 25.9. The minimum Gasteiger partial charge on any atom is -0.371 e. The van der Waals surface area contributed by atoms with Crippen molar-refractivity contribution in [2.75, 3.05) is 32.1 Å². The van der Waals surface area contributed by atoms with Crippen LogP contribution in [-0.4, -0.2) is 42.4 Å². The topological polar surface area (TPSA) is 9.49 Å². The predicted octanol–water partition coefficient (Wildman–Crippen LogP) is 8.02. The molecule has 3 aliphatic heterocycles. The Morgan fingerprint density at radius 3 is 2.18 bits per heavy atom. The lowest BCUT2D eigenvalue weighted by atomic mass is 9.81. The molecule has 1 aliphatic carbocycles. The highest BCUT2D eigenvalue weighted by Crippen LogP contribution is 2.47. The fourth-order valence-corrected chi connectivity index (χ4v) is 7.52. The summed E-state index contributed by atoms with van der Waals surface area (Å²) in [6.45, 7) is 11.8. The van der Waals surface area contributed by atoms with Crippen LogP contribution < -0.4 is 4.90 Å². The average Bonchev–Trinajstić information content (AvgIpc) is 3.49. The molecule has 3 heteroatoms. The lowest BCUT2D eigenvalue weighted by Crippen LogP contribution is -2.30. The van der Waals surface area contributed by atoms with E-state index in [-0.39, 0.29) is 10.8 Å². The van der Waals surface area contributed by atoms with Crippen molar-refractivity contribution in [2.24, 2.45) is 0 Å². The zero-order chi connectivity index (χ0) is 27.4. The molecule has 0 spiro atoms. The average molecular weight is 519 g/mol. The van der Waals surface area contributed by atoms with E-state index in [2.05, 4.69) is 129 Å². The predicted molar refractivity (Wildman–Crippen MR) is 165 cm³/mol. The van der Waals surface area contributed by atoms with Gasteiger partial charge in [0.15, 0.2) is 5.71 Å². The van der Waals surface area contributed by atoms with Crippen LogP contribution in [0, 0.1) is 0 Å². The van der Waals surface area contributed by atoms with Crippen LogP contribution in [0.15, 0.2) is 95.4 Å². The van der Waals surface area contributed by atoms with E-state index >= 15 is 0 Å². The summed E-state index contributed by atoms with van der Waals surface area (Å²) in [6, 6.07) is 17.7. The third-order valence-corrected chi connectivity index (χ3v) is 9.71. The molecule has 6 rings (SSSR count). The van der Waals surface area contributed by atoms with E-state index in [1.54, 1.807) is 0 Å². The number of likely N-dealkylation sites (tertiary alicyclic amines) is 1. The number of para-hydroxylation sites is 2. The summed E-state index contributed by atoms with van der Waals surface area (Å²) in [5, 5.41) is 0. The summed E-state index contributed by atoms with van der Waals surface area (Å²) >= 11 is 0. The first-order chi connectivity index (χ1) is 18.7. The Balaban J connectivity index is 1.37. The zero-order valence-electron chi connectivity index (χ0n) is 24.7. The molecule has 1 saturated heterocycles. The number of hydrogen-bond donors (Lipinski definition) is 0. The van der Waals surface area contributed by atoms with Crippen molar-refractivity contribution in [3.63, 3.8) is 0 Å². The Bertz CT molecular complexity index is 1450. The van der Waals surface area contributed by atoms with Gasteiger partial charge >= 0.3 is 0 Å². The number of rotatable bonds is 4. The molecule has 39 heavy (non-hydrogen) atoms. The van der Waals surface area contributed by atoms with E-state index in [1.165, 1.54) is 83.1 Å². The molecule has 202 valence electrons. The van der Waals surface area contributed by atoms with E-state index in [1.807, 2.05) is 0 Å². The van der Waals surface area contributed by atoms with Gasteiger partial charge in [-0.15, -0.1) is 0 Å². The molecule has 0 unspecified atom stereocenters. The van der Waals surface area contributed by atoms with Crippen molar-refractivity contribution in [2.45, 2.75) is 70.6 Å². The van der Waals surface area contributed by atoms with Gasteiger partial charge in [0.2, 0.25) is 5.69 Å². The third kappa shape index (κ3) is 4.22. The van der Waals surface area contributed by atoms with Crippen LogP contribution in [0.25, 0.3) is 0 Å². The second-order valence-electron chi connectivity index (χ2n) is 12.8. The molecule has 0 N–H and O–H groups in total. The molecule has 3 nitrogen and oxygen atoms in total. The molecule has 4 aliphatic rings. The standard InChI is InChI=1S/C36H44N3/c1-35(2)28-14-8-10-16-30(28)37(5)32(35)22-20-26-18-19-27(34(26)39-24-12-7-13-25-39)21-23-33-36(3,4)29-15-9-11-17-31(29)38(33)6/h8-11,14-17,20-23H,7,12-13,18-19,24-25H2,1-6H3/q+1. The highest BCUT2D eigenvalue weighted by atomic mass is 15.2. The summed E-state index contributed by atoms with van der Waals surface area (Å²) in [5.74, 6) is 0. The van der Waals surface area contributed by atoms with Crippen molar-refractivity contribution in [3.05, 3.63) is 107 Å². The van der Waals surface area contributed by atoms with Gasteiger partial charge in [0.1, 0.15) is 7.05 Å². The summed E-state index contributed by atoms with van der Waals surface area (Å²) in [4.78, 5) is 5.07. The minimum absolute atomic E-state index is 0.00300. The minimum atomic E-state index is 0.00300. The highest BCUT2D eigenvalue weighted by Gasteiger charge is 2.43. The number of allylic oxidation sites excluding steroid dienone is 7. The van der Waals surface area contributed by atoms with E-state index in [9.17, 15) is 0 Å². The lowest BCUT2D eigenvalue weighted by molar-refractivity contribution is -0.401. The number of fused-ring (bicyclic) bond motifs is 2. The van der Waals surface area contributed by atoms with Crippen molar-refractivity contribution < 1.29 is 4.58 Å². The third-order valence-electron chi connectivity index (χ3n) is 9.71. The van der Waals surface area contributed by atoms with Gasteiger partial charge < -0.3 is 9.80 Å². The molecule has 1 fully saturated rings. The largest absolute Gasteiger partial charge is 0.371 e. The molecule has 0 amide bonds. The molecular formula is C36H44N3+. The Kier molecular flexibility index (Phi) is 6.44. The van der Waals surface area contributed by atoms with Crippen LogP contribution in [0.2, 0.25) is 0 Å². The molecule has 2 aromatic carbocycles. The fourth-order valence-electron chi connectivity index (χ4n) is 7.52. The molecule has 0 atom stereocenters. The first-order valence-electron chi connectivity index (χ1n) is 14.8. The second kappa shape index (κ2) is 9.70. The van der Waals surface area contributed by atoms with Crippen LogP contribution in [0.4, 0.5) is 11.4 Å². The quantitative estimate of drug-likeness (QED) is 0.379. The van der Waals surface area contributed by atoms with Crippen molar-refractivity contribution in [3.8, 4) is 0 Å². The Morgan fingerprint density at radius 2 is 1.46 bits per heavy atom. The maximum Gasteiger partial charge on any atom is 0.209 e. The molecule has 0 bridgehead atoms. The Morgan fingerprint density at radius 1 is 0.769 bits per heavy atom. The van der Waals surface area contributed by atoms with Crippen molar-refractivity contribution >= 4 is 17.1 Å². The summed E-state index contributed by atoms with van der Waals surface area (Å²) in [5.41, 5.74) is 12.7. The van der Waals surface area contributed by atoms with Crippen molar-refractivity contribution in [1.82, 2.24) is 4.90 Å². The highest BCUT2D eigenvalue weighted by molar-refractivity contribution is 6.03. The maximum absolute atomic E-state index is 2.68. The monoisotopic (exact) mass is 518 g/mol. The van der Waals surface area contributed by atoms with Crippen molar-refractivity contribution in [1.29, 1.82) is 0 Å². The van der Waals surface area contributed by atoms with Gasteiger partial charge in [-0.2, -0.15) is 4.58 Å². The Labute approximate surface area is 235 Å². The summed E-state index contributed by atoms with van der Waals surface area (Å²) < 4.78 is 2.39. The molecule has 0 aromatic heterocycles. The van der Waals surface area contributed by atoms with Gasteiger partial charge in [-0.25, -0.2) is 0 Å². The number of benzene rings is 2. The zero-order valence-corrected chi connectivity index (χ0v) is 24.7. The van der Waals surface area contributed by atoms with E-state index in [4.69, 9.17) is 0 Å². The number of anilines is 1. The number of nitrogens with zero attached hydrogens (tertiary/aromatic N) is 3. The van der Waals surface area contributed by atoms with E-state index in [0.717, 1.165) is 12.8 Å². The van der Waals surface area contributed by atoms with Crippen LogP contribution in [-0.2, 0) is 10.8 Å². The molecule has 2 aromatic rings. The van der Waals surface area contributed by atoms with Crippen LogP contribution in [0.3, 0.4) is 0 Å². The van der Waals surface area contributed by atoms with Gasteiger partial charge in [-0.1, -0.05) is 62.4 Å². The fraction of sp³-hybridized carbons (Fsp3) is 0.417. The maximum atomic E-state index is 2.68. The van der Waals surface area contributed by atoms with Crippen LogP contribution in [0.5, 0.6) is 0 Å². The van der Waals surface area contributed by atoms with E-state index < -0.39 is 0 Å². The summed E-state index contributed by atoms with van der Waals surface area (Å²) in [7, 11) is 4.44. The molecule has 0 radical (unpaired) electrons. The number of hydrogen-bond acceptors (Lipinski definition) is 2. The summed E-state index contributed by atoms with van der Waals surface area (Å²) in [6.07, 6.45) is 15.9.